The van der Waals surface area contributed by atoms with Crippen LogP contribution in [0.3, 0.4) is 0 Å². The number of benzene rings is 1. The summed E-state index contributed by atoms with van der Waals surface area (Å²) in [5, 5.41) is 21.1. The summed E-state index contributed by atoms with van der Waals surface area (Å²) < 4.78 is 12.7. The van der Waals surface area contributed by atoms with Crippen LogP contribution in [0.25, 0.3) is 5.57 Å². The number of allylic oxidation sites excluding steroid dienone is 2. The molecule has 0 bridgehead atoms. The molecule has 1 rings (SSSR count). The number of nitrogens with two attached hydrogens (primary N) is 2. The second-order valence-corrected chi connectivity index (χ2v) is 6.34. The lowest BCUT2D eigenvalue weighted by Gasteiger charge is -2.20. The van der Waals surface area contributed by atoms with Gasteiger partial charge < -0.3 is 27.0 Å². The maximum Gasteiger partial charge on any atom is 0.133 e. The predicted octanol–water partition coefficient (Wildman–Crippen LogP) is 2.22. The molecule has 0 aliphatic carbocycles. The third-order valence-electron chi connectivity index (χ3n) is 3.32. The first-order chi connectivity index (χ1) is 11.8. The van der Waals surface area contributed by atoms with Crippen LogP contribution in [0.4, 0.5) is 4.39 Å². The van der Waals surface area contributed by atoms with E-state index < -0.39 is 29.8 Å². The van der Waals surface area contributed by atoms with E-state index in [2.05, 4.69) is 5.32 Å². The summed E-state index contributed by atoms with van der Waals surface area (Å²) in [7, 11) is 1.61. The summed E-state index contributed by atoms with van der Waals surface area (Å²) >= 11 is 10.3. The van der Waals surface area contributed by atoms with Gasteiger partial charge in [-0.2, -0.15) is 0 Å². The number of alkyl halides is 3. The van der Waals surface area contributed by atoms with E-state index in [0.717, 1.165) is 11.1 Å². The maximum absolute atomic E-state index is 12.7. The summed E-state index contributed by atoms with van der Waals surface area (Å²) in [4.78, 5) is -0.648. The Hall–Kier alpha value is -1.31. The summed E-state index contributed by atoms with van der Waals surface area (Å²) in [5.74, 6) is 0. The van der Waals surface area contributed by atoms with Crippen molar-refractivity contribution in [1.29, 1.82) is 0 Å². The number of halogens is 3. The van der Waals surface area contributed by atoms with Gasteiger partial charge in [0.1, 0.15) is 11.5 Å². The SMILES string of the molecule is CC(O)C(Cl)Cl.CNC(CF)C(O)c1ccc(C(/C=C\N)=C/N)cc1. The first-order valence-corrected chi connectivity index (χ1v) is 8.47. The summed E-state index contributed by atoms with van der Waals surface area (Å²) in [6.45, 7) is 0.897. The second kappa shape index (κ2) is 13.0. The van der Waals surface area contributed by atoms with Crippen LogP contribution in [0.15, 0.2) is 42.7 Å². The highest BCUT2D eigenvalue weighted by atomic mass is 35.5. The average molecular weight is 394 g/mol. The standard InChI is InChI=1S/C14H20FN3O.C3H6Cl2O/c1-18-13(8-15)14(19)11-4-2-10(3-5-11)12(9-17)6-7-16;1-2(6)3(4)5/h2-7,9,13-14,18-19H,8,16-17H2,1H3;2-3,6H,1H3/b7-6-,12-9+;. The Kier molecular flexibility index (Phi) is 12.3. The van der Waals surface area contributed by atoms with Crippen molar-refractivity contribution in [2.24, 2.45) is 11.5 Å². The summed E-state index contributed by atoms with van der Waals surface area (Å²) in [6.07, 6.45) is 3.03. The van der Waals surface area contributed by atoms with Gasteiger partial charge in [-0.15, -0.1) is 23.2 Å². The van der Waals surface area contributed by atoms with Crippen LogP contribution in [0.1, 0.15) is 24.2 Å². The third kappa shape index (κ3) is 8.56. The highest BCUT2D eigenvalue weighted by Gasteiger charge is 2.18. The molecule has 0 amide bonds. The zero-order valence-electron chi connectivity index (χ0n) is 14.2. The Balaban J connectivity index is 0.000000823. The molecule has 0 aliphatic rings. The Morgan fingerprint density at radius 2 is 1.76 bits per heavy atom. The number of aliphatic hydroxyl groups excluding tert-OH is 2. The summed E-state index contributed by atoms with van der Waals surface area (Å²) in [6, 6.07) is 6.49. The van der Waals surface area contributed by atoms with Crippen LogP contribution in [-0.4, -0.2) is 40.9 Å². The fraction of sp³-hybridized carbons (Fsp3) is 0.412. The molecule has 7 N–H and O–H groups in total. The minimum atomic E-state index is -0.889. The molecule has 0 radical (unpaired) electrons. The number of hydrogen-bond donors (Lipinski definition) is 5. The predicted molar refractivity (Wildman–Crippen MR) is 103 cm³/mol. The Bertz CT molecular complexity index is 527. The molecule has 5 nitrogen and oxygen atoms in total. The maximum atomic E-state index is 12.7. The molecule has 3 atom stereocenters. The van der Waals surface area contributed by atoms with Crippen molar-refractivity contribution in [2.45, 2.75) is 30.0 Å². The smallest absolute Gasteiger partial charge is 0.133 e. The van der Waals surface area contributed by atoms with Crippen molar-refractivity contribution in [1.82, 2.24) is 5.32 Å². The molecule has 1 aromatic rings. The van der Waals surface area contributed by atoms with Gasteiger partial charge >= 0.3 is 0 Å². The number of rotatable bonds is 7. The molecule has 0 spiro atoms. The van der Waals surface area contributed by atoms with Crippen LogP contribution in [0.5, 0.6) is 0 Å². The Morgan fingerprint density at radius 1 is 1.24 bits per heavy atom. The zero-order valence-corrected chi connectivity index (χ0v) is 15.8. The lowest BCUT2D eigenvalue weighted by atomic mass is 9.99. The van der Waals surface area contributed by atoms with Crippen molar-refractivity contribution >= 4 is 28.8 Å². The van der Waals surface area contributed by atoms with E-state index in [1.54, 1.807) is 25.3 Å². The zero-order chi connectivity index (χ0) is 19.4. The quantitative estimate of drug-likeness (QED) is 0.360. The molecule has 1 aromatic carbocycles. The molecule has 0 aliphatic heterocycles. The van der Waals surface area contributed by atoms with E-state index in [4.69, 9.17) is 39.8 Å². The number of hydrogen-bond acceptors (Lipinski definition) is 5. The highest BCUT2D eigenvalue weighted by molar-refractivity contribution is 6.44. The topological polar surface area (TPSA) is 105 Å². The van der Waals surface area contributed by atoms with Crippen molar-refractivity contribution in [3.63, 3.8) is 0 Å². The Morgan fingerprint density at radius 3 is 2.08 bits per heavy atom. The van der Waals surface area contributed by atoms with Crippen LogP contribution in [0.2, 0.25) is 0 Å². The normalized spacial score (nSPS) is 15.6. The first-order valence-electron chi connectivity index (χ1n) is 7.60. The monoisotopic (exact) mass is 393 g/mol. The van der Waals surface area contributed by atoms with Crippen molar-refractivity contribution in [3.8, 4) is 0 Å². The minimum absolute atomic E-state index is 0.612. The lowest BCUT2D eigenvalue weighted by Crippen LogP contribution is -2.33. The van der Waals surface area contributed by atoms with Crippen LogP contribution in [0, 0.1) is 0 Å². The van der Waals surface area contributed by atoms with Crippen molar-refractivity contribution in [2.75, 3.05) is 13.7 Å². The molecule has 0 heterocycles. The van der Waals surface area contributed by atoms with Crippen LogP contribution >= 0.6 is 23.2 Å². The molecule has 0 fully saturated rings. The molecule has 0 aromatic heterocycles. The highest BCUT2D eigenvalue weighted by Crippen LogP contribution is 2.21. The van der Waals surface area contributed by atoms with Gasteiger partial charge in [0, 0.05) is 6.20 Å². The van der Waals surface area contributed by atoms with E-state index in [-0.39, 0.29) is 0 Å². The molecular weight excluding hydrogens is 368 g/mol. The van der Waals surface area contributed by atoms with Gasteiger partial charge in [0.2, 0.25) is 0 Å². The van der Waals surface area contributed by atoms with E-state index in [9.17, 15) is 9.50 Å². The molecule has 8 heteroatoms. The largest absolute Gasteiger partial charge is 0.405 e. The van der Waals surface area contributed by atoms with Crippen molar-refractivity contribution < 1.29 is 14.6 Å². The molecule has 142 valence electrons. The molecule has 0 saturated carbocycles. The van der Waals surface area contributed by atoms with Crippen LogP contribution in [-0.2, 0) is 0 Å². The number of likely N-dealkylation sites (N-methyl/N-ethyl adjacent to an activating group) is 1. The first kappa shape index (κ1) is 23.7. The van der Waals surface area contributed by atoms with E-state index >= 15 is 0 Å². The van der Waals surface area contributed by atoms with Gasteiger partial charge in [-0.1, -0.05) is 24.3 Å². The van der Waals surface area contributed by atoms with E-state index in [1.165, 1.54) is 19.3 Å². The van der Waals surface area contributed by atoms with Gasteiger partial charge in [0.15, 0.2) is 0 Å². The van der Waals surface area contributed by atoms with Gasteiger partial charge in [-0.05, 0) is 42.9 Å². The molecule has 0 saturated heterocycles. The molecular formula is C17H26Cl2FN3O2. The van der Waals surface area contributed by atoms with Crippen molar-refractivity contribution in [3.05, 3.63) is 53.9 Å². The van der Waals surface area contributed by atoms with Gasteiger partial charge in [-0.3, -0.25) is 0 Å². The van der Waals surface area contributed by atoms with Gasteiger partial charge in [-0.25, -0.2) is 4.39 Å². The average Bonchev–Trinajstić information content (AvgIpc) is 2.61. The van der Waals surface area contributed by atoms with Gasteiger partial charge in [0.05, 0.1) is 18.2 Å². The van der Waals surface area contributed by atoms with E-state index in [0.29, 0.717) is 5.56 Å². The molecule has 25 heavy (non-hydrogen) atoms. The number of nitrogens with one attached hydrogen (secondary N) is 1. The fourth-order valence-corrected chi connectivity index (χ4v) is 1.78. The minimum Gasteiger partial charge on any atom is -0.405 e. The van der Waals surface area contributed by atoms with E-state index in [1.807, 2.05) is 12.1 Å². The lowest BCUT2D eigenvalue weighted by molar-refractivity contribution is 0.117. The Labute approximate surface area is 158 Å². The number of aliphatic hydroxyl groups is 2. The molecule has 3 unspecified atom stereocenters. The summed E-state index contributed by atoms with van der Waals surface area (Å²) in [5.41, 5.74) is 13.1. The van der Waals surface area contributed by atoms with Crippen LogP contribution < -0.4 is 16.8 Å². The van der Waals surface area contributed by atoms with Gasteiger partial charge in [0.25, 0.3) is 0 Å². The third-order valence-corrected chi connectivity index (χ3v) is 4.05. The second-order valence-electron chi connectivity index (χ2n) is 5.17. The fourth-order valence-electron chi connectivity index (χ4n) is 1.78.